The molecule has 2 rings (SSSR count). The van der Waals surface area contributed by atoms with Crippen LogP contribution in [-0.4, -0.2) is 13.5 Å². The Morgan fingerprint density at radius 3 is 2.48 bits per heavy atom. The van der Waals surface area contributed by atoms with Gasteiger partial charge in [-0.1, -0.05) is 29.8 Å². The number of sulfonamides is 1. The molecule has 0 amide bonds. The molecule has 0 aliphatic heterocycles. The summed E-state index contributed by atoms with van der Waals surface area (Å²) in [4.78, 5) is 0. The second-order valence-electron chi connectivity index (χ2n) is 4.14. The molecule has 4 nitrogen and oxygen atoms in total. The highest BCUT2D eigenvalue weighted by Crippen LogP contribution is 2.24. The van der Waals surface area contributed by atoms with E-state index in [1.165, 1.54) is 18.2 Å². The van der Waals surface area contributed by atoms with Gasteiger partial charge in [0.1, 0.15) is 0 Å². The van der Waals surface area contributed by atoms with E-state index in [0.717, 1.165) is 11.5 Å². The Bertz CT molecular complexity index is 773. The molecule has 0 aliphatic rings. The van der Waals surface area contributed by atoms with Crippen LogP contribution in [0.1, 0.15) is 5.56 Å². The largest absolute Gasteiger partial charge is 0.505 e. The zero-order valence-electron chi connectivity index (χ0n) is 10.6. The molecule has 110 valence electrons. The number of halogens is 2. The van der Waals surface area contributed by atoms with Crippen LogP contribution in [0.25, 0.3) is 6.08 Å². The third kappa shape index (κ3) is 4.21. The van der Waals surface area contributed by atoms with Gasteiger partial charge in [0.15, 0.2) is 11.6 Å². The van der Waals surface area contributed by atoms with Crippen LogP contribution in [0.2, 0.25) is 5.02 Å². The number of nitrogens with one attached hydrogen (secondary N) is 1. The summed E-state index contributed by atoms with van der Waals surface area (Å²) in [5.41, 5.74) is 0.303. The van der Waals surface area contributed by atoms with E-state index in [-0.39, 0.29) is 5.69 Å². The lowest BCUT2D eigenvalue weighted by Gasteiger charge is -2.06. The van der Waals surface area contributed by atoms with Crippen molar-refractivity contribution in [3.8, 4) is 5.75 Å². The normalized spacial score (nSPS) is 11.7. The second-order valence-corrected chi connectivity index (χ2v) is 6.14. The maximum absolute atomic E-state index is 13.5. The SMILES string of the molecule is O=S(=O)(C=Cc1ccc(Cl)cc1)Nc1cccc(O)c1F. The third-order valence-electron chi connectivity index (χ3n) is 2.54. The van der Waals surface area contributed by atoms with E-state index in [1.807, 2.05) is 4.72 Å². The van der Waals surface area contributed by atoms with Crippen molar-refractivity contribution in [2.24, 2.45) is 0 Å². The van der Waals surface area contributed by atoms with E-state index in [1.54, 1.807) is 24.3 Å². The fourth-order valence-electron chi connectivity index (χ4n) is 1.53. The van der Waals surface area contributed by atoms with Gasteiger partial charge in [-0.3, -0.25) is 4.72 Å². The van der Waals surface area contributed by atoms with Gasteiger partial charge in [-0.25, -0.2) is 12.8 Å². The molecule has 2 aromatic rings. The molecule has 0 fully saturated rings. The summed E-state index contributed by atoms with van der Waals surface area (Å²) in [5, 5.41) is 10.6. The summed E-state index contributed by atoms with van der Waals surface area (Å²) < 4.78 is 39.2. The minimum absolute atomic E-state index is 0.323. The molecule has 2 N–H and O–H groups in total. The zero-order valence-corrected chi connectivity index (χ0v) is 12.2. The second kappa shape index (κ2) is 6.15. The lowest BCUT2D eigenvalue weighted by Crippen LogP contribution is -2.10. The molecule has 0 radical (unpaired) electrons. The van der Waals surface area contributed by atoms with E-state index in [0.29, 0.717) is 10.6 Å². The quantitative estimate of drug-likeness (QED) is 0.901. The minimum Gasteiger partial charge on any atom is -0.505 e. The van der Waals surface area contributed by atoms with E-state index < -0.39 is 21.6 Å². The Morgan fingerprint density at radius 2 is 1.81 bits per heavy atom. The molecule has 0 spiro atoms. The number of anilines is 1. The predicted octanol–water partition coefficient (Wildman–Crippen LogP) is 3.60. The molecule has 0 saturated carbocycles. The number of phenolic OH excluding ortho intramolecular Hbond substituents is 1. The monoisotopic (exact) mass is 327 g/mol. The lowest BCUT2D eigenvalue weighted by molar-refractivity contribution is 0.434. The molecular weight excluding hydrogens is 317 g/mol. The first-order valence-corrected chi connectivity index (χ1v) is 7.74. The van der Waals surface area contributed by atoms with Crippen LogP contribution in [0.4, 0.5) is 10.1 Å². The number of hydrogen-bond donors (Lipinski definition) is 2. The fourth-order valence-corrected chi connectivity index (χ4v) is 2.52. The molecule has 0 atom stereocenters. The summed E-state index contributed by atoms with van der Waals surface area (Å²) in [6.07, 6.45) is 1.35. The maximum Gasteiger partial charge on any atom is 0.255 e. The summed E-state index contributed by atoms with van der Waals surface area (Å²) in [7, 11) is -3.90. The van der Waals surface area contributed by atoms with Crippen LogP contribution in [0.3, 0.4) is 0 Å². The van der Waals surface area contributed by atoms with Crippen LogP contribution >= 0.6 is 11.6 Å². The van der Waals surface area contributed by atoms with Crippen molar-refractivity contribution in [2.75, 3.05) is 4.72 Å². The van der Waals surface area contributed by atoms with Crippen LogP contribution in [0.5, 0.6) is 5.75 Å². The van der Waals surface area contributed by atoms with Crippen LogP contribution in [-0.2, 0) is 10.0 Å². The van der Waals surface area contributed by atoms with E-state index in [2.05, 4.69) is 0 Å². The van der Waals surface area contributed by atoms with Gasteiger partial charge in [0.25, 0.3) is 10.0 Å². The van der Waals surface area contributed by atoms with Crippen molar-refractivity contribution in [3.05, 3.63) is 64.3 Å². The van der Waals surface area contributed by atoms with Gasteiger partial charge in [-0.2, -0.15) is 0 Å². The first-order chi connectivity index (χ1) is 9.87. The van der Waals surface area contributed by atoms with Gasteiger partial charge in [-0.05, 0) is 35.9 Å². The maximum atomic E-state index is 13.5. The Morgan fingerprint density at radius 1 is 1.14 bits per heavy atom. The number of hydrogen-bond acceptors (Lipinski definition) is 3. The van der Waals surface area contributed by atoms with E-state index >= 15 is 0 Å². The number of benzene rings is 2. The average molecular weight is 328 g/mol. The van der Waals surface area contributed by atoms with Crippen molar-refractivity contribution in [2.45, 2.75) is 0 Å². The highest BCUT2D eigenvalue weighted by Gasteiger charge is 2.12. The van der Waals surface area contributed by atoms with Crippen LogP contribution in [0, 0.1) is 5.82 Å². The smallest absolute Gasteiger partial charge is 0.255 e. The molecule has 0 aromatic heterocycles. The van der Waals surface area contributed by atoms with Gasteiger partial charge in [-0.15, -0.1) is 0 Å². The van der Waals surface area contributed by atoms with E-state index in [9.17, 15) is 17.9 Å². The van der Waals surface area contributed by atoms with Crippen LogP contribution in [0.15, 0.2) is 47.9 Å². The van der Waals surface area contributed by atoms with Crippen LogP contribution < -0.4 is 4.72 Å². The molecular formula is C14H11ClFNO3S. The fraction of sp³-hybridized carbons (Fsp3) is 0. The van der Waals surface area contributed by atoms with Crippen molar-refractivity contribution in [1.82, 2.24) is 0 Å². The Labute approximate surface area is 126 Å². The van der Waals surface area contributed by atoms with Gasteiger partial charge >= 0.3 is 0 Å². The Balaban J connectivity index is 2.19. The first kappa shape index (κ1) is 15.3. The standard InChI is InChI=1S/C14H11ClFNO3S/c15-11-6-4-10(5-7-11)8-9-21(19,20)17-12-2-1-3-13(18)14(12)16/h1-9,17-18H. The highest BCUT2D eigenvalue weighted by molar-refractivity contribution is 7.95. The Kier molecular flexibility index (Phi) is 4.50. The summed E-state index contributed by atoms with van der Waals surface area (Å²) in [5.74, 6) is -1.65. The first-order valence-electron chi connectivity index (χ1n) is 5.81. The summed E-state index contributed by atoms with van der Waals surface area (Å²) in [6.45, 7) is 0. The molecule has 21 heavy (non-hydrogen) atoms. The molecule has 0 aliphatic carbocycles. The van der Waals surface area contributed by atoms with Gasteiger partial charge < -0.3 is 5.11 Å². The topological polar surface area (TPSA) is 66.4 Å². The van der Waals surface area contributed by atoms with Crippen molar-refractivity contribution >= 4 is 33.4 Å². The minimum atomic E-state index is -3.90. The van der Waals surface area contributed by atoms with Crippen molar-refractivity contribution in [1.29, 1.82) is 0 Å². The molecule has 7 heteroatoms. The molecule has 2 aromatic carbocycles. The predicted molar refractivity (Wildman–Crippen MR) is 81.1 cm³/mol. The highest BCUT2D eigenvalue weighted by atomic mass is 35.5. The van der Waals surface area contributed by atoms with Crippen molar-refractivity contribution < 1.29 is 17.9 Å². The lowest BCUT2D eigenvalue weighted by atomic mass is 10.2. The number of rotatable bonds is 4. The molecule has 0 saturated heterocycles. The molecule has 0 unspecified atom stereocenters. The van der Waals surface area contributed by atoms with Crippen molar-refractivity contribution in [3.63, 3.8) is 0 Å². The number of phenols is 1. The Hall–Kier alpha value is -2.05. The summed E-state index contributed by atoms with van der Waals surface area (Å²) >= 11 is 5.72. The molecule has 0 bridgehead atoms. The summed E-state index contributed by atoms with van der Waals surface area (Å²) in [6, 6.07) is 10.2. The third-order valence-corrected chi connectivity index (χ3v) is 3.79. The zero-order chi connectivity index (χ0) is 15.5. The average Bonchev–Trinajstić information content (AvgIpc) is 2.43. The number of aromatic hydroxyl groups is 1. The van der Waals surface area contributed by atoms with Gasteiger partial charge in [0, 0.05) is 5.02 Å². The van der Waals surface area contributed by atoms with Gasteiger partial charge in [0.2, 0.25) is 0 Å². The van der Waals surface area contributed by atoms with Gasteiger partial charge in [0.05, 0.1) is 11.1 Å². The molecule has 0 heterocycles. The van der Waals surface area contributed by atoms with E-state index in [4.69, 9.17) is 11.6 Å².